The number of benzene rings is 2. The zero-order chi connectivity index (χ0) is 15.2. The highest BCUT2D eigenvalue weighted by molar-refractivity contribution is 9.10. The van der Waals surface area contributed by atoms with Crippen LogP contribution < -0.4 is 10.6 Å². The molecular formula is C16H17BrClN2O+. The lowest BCUT2D eigenvalue weighted by atomic mass is 10.1. The number of anilines is 1. The molecule has 0 radical (unpaired) electrons. The molecule has 0 unspecified atom stereocenters. The molecule has 0 fully saturated rings. The number of amides is 1. The van der Waals surface area contributed by atoms with Crippen LogP contribution in [0.5, 0.6) is 0 Å². The van der Waals surface area contributed by atoms with Gasteiger partial charge in [-0.3, -0.25) is 4.79 Å². The molecule has 2 rings (SSSR count). The maximum absolute atomic E-state index is 12.0. The van der Waals surface area contributed by atoms with Crippen LogP contribution in [0, 0.1) is 0 Å². The molecule has 0 saturated heterocycles. The average molecular weight is 369 g/mol. The number of halogens is 2. The zero-order valence-corrected chi connectivity index (χ0v) is 14.0. The first-order valence-electron chi connectivity index (χ1n) is 6.69. The summed E-state index contributed by atoms with van der Waals surface area (Å²) in [5, 5.41) is 5.57. The van der Waals surface area contributed by atoms with Gasteiger partial charge in [-0.1, -0.05) is 51.8 Å². The van der Waals surface area contributed by atoms with Crippen molar-refractivity contribution in [2.24, 2.45) is 0 Å². The SMILES string of the molecule is C[C@@H]([NH2+]CC(=O)Nc1cccc(Br)c1)c1ccccc1Cl. The van der Waals surface area contributed by atoms with E-state index in [9.17, 15) is 4.79 Å². The van der Waals surface area contributed by atoms with Gasteiger partial charge in [-0.2, -0.15) is 0 Å². The third kappa shape index (κ3) is 4.84. The monoisotopic (exact) mass is 367 g/mol. The third-order valence-corrected chi connectivity index (χ3v) is 4.00. The Morgan fingerprint density at radius 1 is 1.29 bits per heavy atom. The first-order valence-corrected chi connectivity index (χ1v) is 7.86. The minimum atomic E-state index is -0.0352. The summed E-state index contributed by atoms with van der Waals surface area (Å²) >= 11 is 9.53. The smallest absolute Gasteiger partial charge is 0.279 e. The average Bonchev–Trinajstić information content (AvgIpc) is 2.45. The lowest BCUT2D eigenvalue weighted by molar-refractivity contribution is -0.682. The summed E-state index contributed by atoms with van der Waals surface area (Å²) in [5.74, 6) is -0.0352. The standard InChI is InChI=1S/C16H16BrClN2O/c1-11(14-7-2-3-8-15(14)18)19-10-16(21)20-13-6-4-5-12(17)9-13/h2-9,11,19H,10H2,1H3,(H,20,21)/p+1/t11-/m1/s1. The van der Waals surface area contributed by atoms with Crippen LogP contribution in [0.2, 0.25) is 5.02 Å². The lowest BCUT2D eigenvalue weighted by Gasteiger charge is -2.12. The molecule has 0 aliphatic heterocycles. The van der Waals surface area contributed by atoms with Gasteiger partial charge in [0.2, 0.25) is 0 Å². The lowest BCUT2D eigenvalue weighted by Crippen LogP contribution is -2.86. The van der Waals surface area contributed by atoms with Gasteiger partial charge in [-0.15, -0.1) is 0 Å². The Morgan fingerprint density at radius 2 is 2.05 bits per heavy atom. The normalized spacial score (nSPS) is 12.0. The van der Waals surface area contributed by atoms with Crippen molar-refractivity contribution in [2.45, 2.75) is 13.0 Å². The molecule has 5 heteroatoms. The van der Waals surface area contributed by atoms with Gasteiger partial charge in [-0.25, -0.2) is 0 Å². The Hall–Kier alpha value is -1.36. The summed E-state index contributed by atoms with van der Waals surface area (Å²) in [6.45, 7) is 2.38. The van der Waals surface area contributed by atoms with Crippen LogP contribution in [0.25, 0.3) is 0 Å². The fraction of sp³-hybridized carbons (Fsp3) is 0.188. The number of nitrogens with one attached hydrogen (secondary N) is 1. The van der Waals surface area contributed by atoms with E-state index in [1.54, 1.807) is 0 Å². The second-order valence-electron chi connectivity index (χ2n) is 4.81. The highest BCUT2D eigenvalue weighted by atomic mass is 79.9. The zero-order valence-electron chi connectivity index (χ0n) is 11.6. The molecular weight excluding hydrogens is 352 g/mol. The van der Waals surface area contributed by atoms with Crippen molar-refractivity contribution in [3.05, 3.63) is 63.6 Å². The minimum absolute atomic E-state index is 0.0352. The second-order valence-corrected chi connectivity index (χ2v) is 6.13. The molecule has 2 aromatic rings. The third-order valence-electron chi connectivity index (χ3n) is 3.16. The van der Waals surface area contributed by atoms with E-state index in [1.165, 1.54) is 0 Å². The molecule has 1 atom stereocenters. The van der Waals surface area contributed by atoms with E-state index >= 15 is 0 Å². The van der Waals surface area contributed by atoms with E-state index < -0.39 is 0 Å². The number of rotatable bonds is 5. The molecule has 1 amide bonds. The van der Waals surface area contributed by atoms with Gasteiger partial charge in [-0.05, 0) is 31.2 Å². The number of carbonyl (C=O) groups excluding carboxylic acids is 1. The summed E-state index contributed by atoms with van der Waals surface area (Å²) in [6.07, 6.45) is 0. The summed E-state index contributed by atoms with van der Waals surface area (Å²) < 4.78 is 0.939. The highest BCUT2D eigenvalue weighted by Gasteiger charge is 2.14. The first kappa shape index (κ1) is 16.0. The molecule has 0 aliphatic carbocycles. The molecule has 0 aliphatic rings. The Labute approximate surface area is 137 Å². The molecule has 110 valence electrons. The van der Waals surface area contributed by atoms with E-state index in [0.29, 0.717) is 6.54 Å². The van der Waals surface area contributed by atoms with Crippen molar-refractivity contribution in [3.63, 3.8) is 0 Å². The Kier molecular flexibility index (Phi) is 5.79. The molecule has 0 saturated carbocycles. The van der Waals surface area contributed by atoms with E-state index in [1.807, 2.05) is 60.8 Å². The van der Waals surface area contributed by atoms with Crippen LogP contribution in [-0.2, 0) is 4.79 Å². The summed E-state index contributed by atoms with van der Waals surface area (Å²) in [5.41, 5.74) is 1.82. The van der Waals surface area contributed by atoms with Crippen molar-refractivity contribution in [1.82, 2.24) is 0 Å². The van der Waals surface area contributed by atoms with Gasteiger partial charge < -0.3 is 10.6 Å². The van der Waals surface area contributed by atoms with Crippen LogP contribution >= 0.6 is 27.5 Å². The molecule has 2 aromatic carbocycles. The molecule has 3 N–H and O–H groups in total. The van der Waals surface area contributed by atoms with Crippen molar-refractivity contribution in [1.29, 1.82) is 0 Å². The van der Waals surface area contributed by atoms with Crippen LogP contribution in [0.4, 0.5) is 5.69 Å². The number of hydrogen-bond donors (Lipinski definition) is 2. The second kappa shape index (κ2) is 7.59. The predicted octanol–water partition coefficient (Wildman–Crippen LogP) is 3.37. The molecule has 21 heavy (non-hydrogen) atoms. The number of quaternary nitrogens is 1. The number of carbonyl (C=O) groups is 1. The number of hydrogen-bond acceptors (Lipinski definition) is 1. The Bertz CT molecular complexity index is 633. The Balaban J connectivity index is 1.88. The maximum atomic E-state index is 12.0. The van der Waals surface area contributed by atoms with Gasteiger partial charge in [0.25, 0.3) is 5.91 Å². The fourth-order valence-electron chi connectivity index (χ4n) is 2.03. The number of nitrogens with two attached hydrogens (primary N) is 1. The van der Waals surface area contributed by atoms with Crippen molar-refractivity contribution in [3.8, 4) is 0 Å². The highest BCUT2D eigenvalue weighted by Crippen LogP contribution is 2.19. The largest absolute Gasteiger partial charge is 0.332 e. The molecule has 0 heterocycles. The maximum Gasteiger partial charge on any atom is 0.279 e. The van der Waals surface area contributed by atoms with Crippen molar-refractivity contribution in [2.75, 3.05) is 11.9 Å². The molecule has 0 bridgehead atoms. The van der Waals surface area contributed by atoms with E-state index in [0.717, 1.165) is 20.7 Å². The molecule has 3 nitrogen and oxygen atoms in total. The van der Waals surface area contributed by atoms with Gasteiger partial charge >= 0.3 is 0 Å². The summed E-state index contributed by atoms with van der Waals surface area (Å²) in [6, 6.07) is 15.4. The van der Waals surface area contributed by atoms with Gasteiger partial charge in [0.05, 0.1) is 0 Å². The van der Waals surface area contributed by atoms with Crippen LogP contribution in [0.3, 0.4) is 0 Å². The Morgan fingerprint density at radius 3 is 2.76 bits per heavy atom. The topological polar surface area (TPSA) is 45.7 Å². The minimum Gasteiger partial charge on any atom is -0.332 e. The van der Waals surface area contributed by atoms with E-state index in [4.69, 9.17) is 11.6 Å². The first-order chi connectivity index (χ1) is 10.1. The van der Waals surface area contributed by atoms with Gasteiger partial charge in [0, 0.05) is 20.7 Å². The molecule has 0 spiro atoms. The van der Waals surface area contributed by atoms with Crippen LogP contribution in [-0.4, -0.2) is 12.5 Å². The van der Waals surface area contributed by atoms with Crippen LogP contribution in [0.15, 0.2) is 53.0 Å². The molecule has 0 aromatic heterocycles. The fourth-order valence-corrected chi connectivity index (χ4v) is 2.74. The predicted molar refractivity (Wildman–Crippen MR) is 89.4 cm³/mol. The van der Waals surface area contributed by atoms with Crippen molar-refractivity contribution < 1.29 is 10.1 Å². The summed E-state index contributed by atoms with van der Waals surface area (Å²) in [4.78, 5) is 12.0. The van der Waals surface area contributed by atoms with Gasteiger partial charge in [0.15, 0.2) is 6.54 Å². The van der Waals surface area contributed by atoms with Crippen molar-refractivity contribution >= 4 is 39.1 Å². The summed E-state index contributed by atoms with van der Waals surface area (Å²) in [7, 11) is 0. The van der Waals surface area contributed by atoms with E-state index in [2.05, 4.69) is 21.2 Å². The quantitative estimate of drug-likeness (QED) is 0.835. The van der Waals surface area contributed by atoms with Gasteiger partial charge in [0.1, 0.15) is 6.04 Å². The van der Waals surface area contributed by atoms with E-state index in [-0.39, 0.29) is 11.9 Å². The van der Waals surface area contributed by atoms with Crippen LogP contribution in [0.1, 0.15) is 18.5 Å².